The number of ether oxygens (including phenoxy) is 2. The Hall–Kier alpha value is -3.34. The second kappa shape index (κ2) is 8.35. The topological polar surface area (TPSA) is 51.7 Å². The normalized spacial score (nSPS) is 15.5. The van der Waals surface area contributed by atoms with E-state index in [9.17, 15) is 4.79 Å². The average molecular weight is 388 g/mol. The highest BCUT2D eigenvalue weighted by Gasteiger charge is 2.28. The number of benzene rings is 2. The fourth-order valence-electron chi connectivity index (χ4n) is 3.69. The maximum atomic E-state index is 13.0. The van der Waals surface area contributed by atoms with Crippen LogP contribution in [0.15, 0.2) is 66.9 Å². The van der Waals surface area contributed by atoms with Gasteiger partial charge in [0.2, 0.25) is 5.88 Å². The number of amides is 1. The van der Waals surface area contributed by atoms with Gasteiger partial charge in [-0.25, -0.2) is 4.98 Å². The molecular formula is C24H24N2O3. The number of hydrogen-bond donors (Lipinski definition) is 0. The molecule has 0 bridgehead atoms. The Bertz CT molecular complexity index is 987. The lowest BCUT2D eigenvalue weighted by atomic mass is 9.92. The Labute approximate surface area is 170 Å². The standard InChI is InChI=1S/C24H24N2O3/c1-17-22-14-21(29-16-18-6-4-3-5-7-18)10-8-19(22)12-13-26(17)24(27)20-9-11-23(28-2)25-15-20/h3-11,14-15,17H,12-13,16H2,1-2H3. The highest BCUT2D eigenvalue weighted by molar-refractivity contribution is 5.94. The first kappa shape index (κ1) is 19.0. The largest absolute Gasteiger partial charge is 0.489 e. The lowest BCUT2D eigenvalue weighted by molar-refractivity contribution is 0.0676. The first-order valence-electron chi connectivity index (χ1n) is 9.76. The van der Waals surface area contributed by atoms with E-state index >= 15 is 0 Å². The zero-order valence-corrected chi connectivity index (χ0v) is 16.7. The molecule has 1 aromatic heterocycles. The number of hydrogen-bond acceptors (Lipinski definition) is 4. The summed E-state index contributed by atoms with van der Waals surface area (Å²) in [6.07, 6.45) is 2.40. The van der Waals surface area contributed by atoms with Crippen molar-refractivity contribution >= 4 is 5.91 Å². The number of methoxy groups -OCH3 is 1. The number of aromatic nitrogens is 1. The van der Waals surface area contributed by atoms with E-state index in [1.165, 1.54) is 5.56 Å². The van der Waals surface area contributed by atoms with E-state index in [-0.39, 0.29) is 11.9 Å². The average Bonchev–Trinajstić information content (AvgIpc) is 2.78. The fourth-order valence-corrected chi connectivity index (χ4v) is 3.69. The Morgan fingerprint density at radius 3 is 2.69 bits per heavy atom. The van der Waals surface area contributed by atoms with Crippen molar-refractivity contribution in [2.45, 2.75) is 26.0 Å². The summed E-state index contributed by atoms with van der Waals surface area (Å²) in [5, 5.41) is 0. The van der Waals surface area contributed by atoms with Crippen LogP contribution in [0.5, 0.6) is 11.6 Å². The molecule has 0 spiro atoms. The Kier molecular flexibility index (Phi) is 5.47. The van der Waals surface area contributed by atoms with Crippen LogP contribution >= 0.6 is 0 Å². The summed E-state index contributed by atoms with van der Waals surface area (Å²) < 4.78 is 11.1. The number of nitrogens with zero attached hydrogens (tertiary/aromatic N) is 2. The van der Waals surface area contributed by atoms with E-state index in [2.05, 4.69) is 24.0 Å². The molecule has 0 fully saturated rings. The predicted molar refractivity (Wildman–Crippen MR) is 111 cm³/mol. The Morgan fingerprint density at radius 1 is 1.14 bits per heavy atom. The van der Waals surface area contributed by atoms with Gasteiger partial charge in [-0.15, -0.1) is 0 Å². The summed E-state index contributed by atoms with van der Waals surface area (Å²) in [5.74, 6) is 1.30. The van der Waals surface area contributed by atoms with Crippen LogP contribution in [0.25, 0.3) is 0 Å². The van der Waals surface area contributed by atoms with Gasteiger partial charge in [0.1, 0.15) is 12.4 Å². The van der Waals surface area contributed by atoms with E-state index < -0.39 is 0 Å². The second-order valence-corrected chi connectivity index (χ2v) is 7.15. The number of carbonyl (C=O) groups is 1. The number of fused-ring (bicyclic) bond motifs is 1. The molecule has 1 unspecified atom stereocenters. The lowest BCUT2D eigenvalue weighted by Gasteiger charge is -2.35. The molecule has 0 radical (unpaired) electrons. The van der Waals surface area contributed by atoms with E-state index in [4.69, 9.17) is 9.47 Å². The molecule has 29 heavy (non-hydrogen) atoms. The van der Waals surface area contributed by atoms with Gasteiger partial charge in [-0.05, 0) is 48.2 Å². The highest BCUT2D eigenvalue weighted by atomic mass is 16.5. The maximum absolute atomic E-state index is 13.0. The van der Waals surface area contributed by atoms with Crippen molar-refractivity contribution in [1.29, 1.82) is 0 Å². The van der Waals surface area contributed by atoms with Crippen molar-refractivity contribution < 1.29 is 14.3 Å². The van der Waals surface area contributed by atoms with Gasteiger partial charge in [0, 0.05) is 18.8 Å². The van der Waals surface area contributed by atoms with Gasteiger partial charge < -0.3 is 14.4 Å². The summed E-state index contributed by atoms with van der Waals surface area (Å²) in [7, 11) is 1.56. The van der Waals surface area contributed by atoms with E-state index in [1.54, 1.807) is 25.4 Å². The summed E-state index contributed by atoms with van der Waals surface area (Å²) in [6.45, 7) is 3.27. The summed E-state index contributed by atoms with van der Waals surface area (Å²) in [4.78, 5) is 19.1. The van der Waals surface area contributed by atoms with Crippen LogP contribution < -0.4 is 9.47 Å². The van der Waals surface area contributed by atoms with Crippen molar-refractivity contribution in [1.82, 2.24) is 9.88 Å². The molecule has 2 aromatic carbocycles. The summed E-state index contributed by atoms with van der Waals surface area (Å²) >= 11 is 0. The molecule has 0 aliphatic carbocycles. The summed E-state index contributed by atoms with van der Waals surface area (Å²) in [6, 6.07) is 19.7. The van der Waals surface area contributed by atoms with Crippen LogP contribution in [-0.2, 0) is 13.0 Å². The molecule has 4 rings (SSSR count). The zero-order chi connectivity index (χ0) is 20.2. The van der Waals surface area contributed by atoms with Gasteiger partial charge in [-0.2, -0.15) is 0 Å². The molecule has 0 N–H and O–H groups in total. The third-order valence-corrected chi connectivity index (χ3v) is 5.36. The fraction of sp³-hybridized carbons (Fsp3) is 0.250. The SMILES string of the molecule is COc1ccc(C(=O)N2CCc3ccc(OCc4ccccc4)cc3C2C)cn1. The van der Waals surface area contributed by atoms with Gasteiger partial charge in [0.25, 0.3) is 5.91 Å². The third kappa shape index (κ3) is 4.09. The third-order valence-electron chi connectivity index (χ3n) is 5.36. The van der Waals surface area contributed by atoms with Crippen LogP contribution in [0.4, 0.5) is 0 Å². The van der Waals surface area contributed by atoms with Crippen molar-refractivity contribution in [3.63, 3.8) is 0 Å². The Morgan fingerprint density at radius 2 is 1.97 bits per heavy atom. The molecule has 0 saturated carbocycles. The van der Waals surface area contributed by atoms with Crippen LogP contribution in [0, 0.1) is 0 Å². The quantitative estimate of drug-likeness (QED) is 0.649. The van der Waals surface area contributed by atoms with Gasteiger partial charge >= 0.3 is 0 Å². The smallest absolute Gasteiger partial charge is 0.255 e. The number of carbonyl (C=O) groups excluding carboxylic acids is 1. The molecule has 148 valence electrons. The van der Waals surface area contributed by atoms with Gasteiger partial charge in [0.15, 0.2) is 0 Å². The molecule has 0 saturated heterocycles. The number of rotatable bonds is 5. The molecule has 2 heterocycles. The van der Waals surface area contributed by atoms with Crippen LogP contribution in [0.2, 0.25) is 0 Å². The Balaban J connectivity index is 1.51. The molecule has 5 heteroatoms. The molecule has 5 nitrogen and oxygen atoms in total. The summed E-state index contributed by atoms with van der Waals surface area (Å²) in [5.41, 5.74) is 4.10. The number of pyridine rings is 1. The minimum Gasteiger partial charge on any atom is -0.489 e. The molecule has 1 amide bonds. The van der Waals surface area contributed by atoms with Gasteiger partial charge in [-0.1, -0.05) is 36.4 Å². The van der Waals surface area contributed by atoms with Crippen LogP contribution in [-0.4, -0.2) is 29.4 Å². The first-order valence-corrected chi connectivity index (χ1v) is 9.76. The van der Waals surface area contributed by atoms with Crippen molar-refractivity contribution in [3.8, 4) is 11.6 Å². The lowest BCUT2D eigenvalue weighted by Crippen LogP contribution is -2.38. The minimum atomic E-state index is -0.0337. The molecule has 1 atom stereocenters. The van der Waals surface area contributed by atoms with E-state index in [1.807, 2.05) is 41.3 Å². The molecule has 3 aromatic rings. The van der Waals surface area contributed by atoms with E-state index in [0.717, 1.165) is 23.3 Å². The second-order valence-electron chi connectivity index (χ2n) is 7.15. The van der Waals surface area contributed by atoms with Crippen molar-refractivity contribution in [3.05, 3.63) is 89.1 Å². The van der Waals surface area contributed by atoms with Crippen molar-refractivity contribution in [2.75, 3.05) is 13.7 Å². The van der Waals surface area contributed by atoms with E-state index in [0.29, 0.717) is 24.6 Å². The molecule has 1 aliphatic heterocycles. The van der Waals surface area contributed by atoms with Crippen LogP contribution in [0.1, 0.15) is 40.0 Å². The highest BCUT2D eigenvalue weighted by Crippen LogP contribution is 2.33. The predicted octanol–water partition coefficient (Wildman–Crippen LogP) is 4.43. The minimum absolute atomic E-state index is 0.0195. The van der Waals surface area contributed by atoms with Gasteiger partial charge in [0.05, 0.1) is 18.7 Å². The first-order chi connectivity index (χ1) is 14.2. The maximum Gasteiger partial charge on any atom is 0.255 e. The molecule has 1 aliphatic rings. The molecular weight excluding hydrogens is 364 g/mol. The van der Waals surface area contributed by atoms with Gasteiger partial charge in [-0.3, -0.25) is 4.79 Å². The monoisotopic (exact) mass is 388 g/mol. The zero-order valence-electron chi connectivity index (χ0n) is 16.7. The van der Waals surface area contributed by atoms with Crippen LogP contribution in [0.3, 0.4) is 0 Å². The van der Waals surface area contributed by atoms with Crippen molar-refractivity contribution in [2.24, 2.45) is 0 Å².